The van der Waals surface area contributed by atoms with Gasteiger partial charge in [-0.15, -0.1) is 0 Å². The van der Waals surface area contributed by atoms with Crippen LogP contribution in [0.15, 0.2) is 30.5 Å². The van der Waals surface area contributed by atoms with Crippen LogP contribution >= 0.6 is 11.6 Å². The molecule has 1 aromatic heterocycles. The topological polar surface area (TPSA) is 113 Å². The van der Waals surface area contributed by atoms with Gasteiger partial charge in [-0.1, -0.05) is 11.6 Å². The van der Waals surface area contributed by atoms with E-state index in [1.165, 1.54) is 0 Å². The molecule has 0 saturated carbocycles. The van der Waals surface area contributed by atoms with Crippen LogP contribution in [-0.4, -0.2) is 32.6 Å². The number of benzene rings is 1. The van der Waals surface area contributed by atoms with Gasteiger partial charge in [0, 0.05) is 16.8 Å². The predicted molar refractivity (Wildman–Crippen MR) is 83.6 cm³/mol. The zero-order valence-corrected chi connectivity index (χ0v) is 12.4. The fourth-order valence-corrected chi connectivity index (χ4v) is 1.74. The van der Waals surface area contributed by atoms with Crippen molar-refractivity contribution in [2.24, 2.45) is 0 Å². The monoisotopic (exact) mass is 323 g/mol. The van der Waals surface area contributed by atoms with Gasteiger partial charge >= 0.3 is 5.69 Å². The van der Waals surface area contributed by atoms with Gasteiger partial charge in [-0.05, 0) is 31.2 Å². The molecule has 1 aromatic carbocycles. The standard InChI is InChI=1S/C13H14ClN5O3/c1-8(7-20)16-12-11(19(21)22)6-15-13(18-12)17-10-4-2-9(14)3-5-10/h2-6,8,20H,7H2,1H3,(H2,15,16,17,18). The summed E-state index contributed by atoms with van der Waals surface area (Å²) < 4.78 is 0. The summed E-state index contributed by atoms with van der Waals surface area (Å²) in [5, 5.41) is 26.3. The third-order valence-electron chi connectivity index (χ3n) is 2.72. The summed E-state index contributed by atoms with van der Waals surface area (Å²) >= 11 is 5.80. The molecule has 2 rings (SSSR count). The highest BCUT2D eigenvalue weighted by Crippen LogP contribution is 2.24. The summed E-state index contributed by atoms with van der Waals surface area (Å²) in [4.78, 5) is 18.4. The molecule has 0 aliphatic carbocycles. The van der Waals surface area contributed by atoms with Crippen molar-refractivity contribution in [2.75, 3.05) is 17.2 Å². The van der Waals surface area contributed by atoms with Crippen LogP contribution in [-0.2, 0) is 0 Å². The van der Waals surface area contributed by atoms with Gasteiger partial charge in [0.05, 0.1) is 11.5 Å². The minimum Gasteiger partial charge on any atom is -0.394 e. The predicted octanol–water partition coefficient (Wildman–Crippen LogP) is 2.57. The van der Waals surface area contributed by atoms with Crippen molar-refractivity contribution in [3.63, 3.8) is 0 Å². The molecule has 0 spiro atoms. The summed E-state index contributed by atoms with van der Waals surface area (Å²) in [5.41, 5.74) is 0.432. The first-order valence-corrected chi connectivity index (χ1v) is 6.79. The average Bonchev–Trinajstić information content (AvgIpc) is 2.49. The molecule has 0 aliphatic heterocycles. The third kappa shape index (κ3) is 4.03. The maximum atomic E-state index is 11.0. The van der Waals surface area contributed by atoms with Crippen molar-refractivity contribution < 1.29 is 10.0 Å². The van der Waals surface area contributed by atoms with Crippen LogP contribution in [0.5, 0.6) is 0 Å². The summed E-state index contributed by atoms with van der Waals surface area (Å²) in [6.45, 7) is 1.50. The van der Waals surface area contributed by atoms with E-state index in [2.05, 4.69) is 20.6 Å². The Balaban J connectivity index is 2.27. The van der Waals surface area contributed by atoms with E-state index in [0.717, 1.165) is 6.20 Å². The summed E-state index contributed by atoms with van der Waals surface area (Å²) in [6.07, 6.45) is 1.11. The van der Waals surface area contributed by atoms with E-state index in [4.69, 9.17) is 16.7 Å². The Morgan fingerprint density at radius 1 is 1.41 bits per heavy atom. The molecule has 0 aliphatic rings. The second-order valence-electron chi connectivity index (χ2n) is 4.54. The minimum atomic E-state index is -0.585. The Hall–Kier alpha value is -2.45. The van der Waals surface area contributed by atoms with Gasteiger partial charge in [0.25, 0.3) is 0 Å². The number of nitrogens with zero attached hydrogens (tertiary/aromatic N) is 3. The number of hydrogen-bond donors (Lipinski definition) is 3. The molecule has 2 aromatic rings. The molecule has 3 N–H and O–H groups in total. The van der Waals surface area contributed by atoms with Gasteiger partial charge in [0.2, 0.25) is 11.8 Å². The number of aromatic nitrogens is 2. The normalized spacial score (nSPS) is 11.8. The van der Waals surface area contributed by atoms with Crippen molar-refractivity contribution in [1.29, 1.82) is 0 Å². The number of aliphatic hydroxyl groups excluding tert-OH is 1. The smallest absolute Gasteiger partial charge is 0.329 e. The maximum absolute atomic E-state index is 11.0. The molecule has 0 bridgehead atoms. The van der Waals surface area contributed by atoms with Crippen LogP contribution in [0.2, 0.25) is 5.02 Å². The zero-order valence-electron chi connectivity index (χ0n) is 11.7. The lowest BCUT2D eigenvalue weighted by Gasteiger charge is -2.12. The molecule has 1 unspecified atom stereocenters. The number of hydrogen-bond acceptors (Lipinski definition) is 7. The Bertz CT molecular complexity index is 665. The van der Waals surface area contributed by atoms with Gasteiger partial charge in [-0.25, -0.2) is 4.98 Å². The molecule has 116 valence electrons. The van der Waals surface area contributed by atoms with Crippen LogP contribution in [0, 0.1) is 10.1 Å². The molecule has 1 atom stereocenters. The molecule has 1 heterocycles. The molecule has 22 heavy (non-hydrogen) atoms. The lowest BCUT2D eigenvalue weighted by molar-refractivity contribution is -0.384. The SMILES string of the molecule is CC(CO)Nc1nc(Nc2ccc(Cl)cc2)ncc1[N+](=O)[O-]. The molecule has 9 heteroatoms. The van der Waals surface area contributed by atoms with E-state index >= 15 is 0 Å². The highest BCUT2D eigenvalue weighted by molar-refractivity contribution is 6.30. The van der Waals surface area contributed by atoms with Crippen LogP contribution < -0.4 is 10.6 Å². The molecule has 8 nitrogen and oxygen atoms in total. The molecule has 0 fully saturated rings. The second-order valence-corrected chi connectivity index (χ2v) is 4.98. The van der Waals surface area contributed by atoms with Crippen molar-refractivity contribution in [1.82, 2.24) is 9.97 Å². The van der Waals surface area contributed by atoms with Gasteiger partial charge in [-0.3, -0.25) is 10.1 Å². The first-order valence-electron chi connectivity index (χ1n) is 6.41. The number of anilines is 3. The largest absolute Gasteiger partial charge is 0.394 e. The van der Waals surface area contributed by atoms with Gasteiger partial charge in [0.15, 0.2) is 0 Å². The van der Waals surface area contributed by atoms with E-state index in [1.54, 1.807) is 31.2 Å². The zero-order chi connectivity index (χ0) is 16.1. The Morgan fingerprint density at radius 3 is 2.68 bits per heavy atom. The number of nitrogens with one attached hydrogen (secondary N) is 2. The van der Waals surface area contributed by atoms with Crippen LogP contribution in [0.25, 0.3) is 0 Å². The van der Waals surface area contributed by atoms with E-state index < -0.39 is 4.92 Å². The number of halogens is 1. The Morgan fingerprint density at radius 2 is 2.09 bits per heavy atom. The van der Waals surface area contributed by atoms with E-state index in [0.29, 0.717) is 10.7 Å². The van der Waals surface area contributed by atoms with Crippen molar-refractivity contribution >= 4 is 34.7 Å². The number of rotatable bonds is 6. The van der Waals surface area contributed by atoms with E-state index in [1.807, 2.05) is 0 Å². The van der Waals surface area contributed by atoms with Crippen molar-refractivity contribution in [3.05, 3.63) is 45.6 Å². The molecule has 0 amide bonds. The molecular weight excluding hydrogens is 310 g/mol. The molecular formula is C13H14ClN5O3. The third-order valence-corrected chi connectivity index (χ3v) is 2.98. The first kappa shape index (κ1) is 15.9. The summed E-state index contributed by atoms with van der Waals surface area (Å²) in [5.74, 6) is 0.235. The Kier molecular flexibility index (Phi) is 5.08. The van der Waals surface area contributed by atoms with Crippen molar-refractivity contribution in [3.8, 4) is 0 Å². The van der Waals surface area contributed by atoms with Crippen LogP contribution in [0.3, 0.4) is 0 Å². The lowest BCUT2D eigenvalue weighted by atomic mass is 10.3. The van der Waals surface area contributed by atoms with Gasteiger partial charge in [-0.2, -0.15) is 4.98 Å². The first-order chi connectivity index (χ1) is 10.5. The number of aliphatic hydroxyl groups is 1. The second kappa shape index (κ2) is 7.01. The quantitative estimate of drug-likeness (QED) is 0.553. The van der Waals surface area contributed by atoms with Gasteiger partial charge in [0.1, 0.15) is 6.20 Å². The maximum Gasteiger partial charge on any atom is 0.329 e. The van der Waals surface area contributed by atoms with Crippen molar-refractivity contribution in [2.45, 2.75) is 13.0 Å². The Labute approximate surface area is 131 Å². The minimum absolute atomic E-state index is 0.0398. The summed E-state index contributed by atoms with van der Waals surface area (Å²) in [7, 11) is 0. The fraction of sp³-hybridized carbons (Fsp3) is 0.231. The highest BCUT2D eigenvalue weighted by Gasteiger charge is 2.18. The van der Waals surface area contributed by atoms with Crippen LogP contribution in [0.4, 0.5) is 23.1 Å². The molecule has 0 radical (unpaired) electrons. The van der Waals surface area contributed by atoms with E-state index in [9.17, 15) is 10.1 Å². The molecule has 0 saturated heterocycles. The number of nitro groups is 1. The summed E-state index contributed by atoms with van der Waals surface area (Å²) in [6, 6.07) is 6.48. The average molecular weight is 324 g/mol. The van der Waals surface area contributed by atoms with Crippen LogP contribution in [0.1, 0.15) is 6.92 Å². The fourth-order valence-electron chi connectivity index (χ4n) is 1.62. The lowest BCUT2D eigenvalue weighted by Crippen LogP contribution is -2.21. The van der Waals surface area contributed by atoms with Gasteiger partial charge < -0.3 is 15.7 Å². The van der Waals surface area contributed by atoms with E-state index in [-0.39, 0.29) is 30.1 Å². The highest BCUT2D eigenvalue weighted by atomic mass is 35.5.